The monoisotopic (exact) mass is 662 g/mol. The second kappa shape index (κ2) is 16.6. The van der Waals surface area contributed by atoms with E-state index in [-0.39, 0.29) is 52.3 Å². The average Bonchev–Trinajstić information content (AvgIpc) is 2.74. The van der Waals surface area contributed by atoms with Gasteiger partial charge in [0.1, 0.15) is 5.75 Å². The molecule has 2 bridgehead atoms. The van der Waals surface area contributed by atoms with Crippen molar-refractivity contribution in [3.05, 3.63) is 41.2 Å². The summed E-state index contributed by atoms with van der Waals surface area (Å²) in [6, 6.07) is 3.68. The number of ether oxygens (including phenoxy) is 1. The van der Waals surface area contributed by atoms with Crippen LogP contribution in [0.1, 0.15) is 24.2 Å². The molecule has 0 unspecified atom stereocenters. The Bertz CT molecular complexity index is 828. The largest absolute Gasteiger partial charge is 0.653 e. The molecule has 0 fully saturated rings. The van der Waals surface area contributed by atoms with Crippen molar-refractivity contribution in [1.82, 2.24) is 19.7 Å². The Balaban J connectivity index is 0.00000612. The molecule has 2 rings (SSSR count). The molecule has 0 radical (unpaired) electrons. The third kappa shape index (κ3) is 13.0. The summed E-state index contributed by atoms with van der Waals surface area (Å²) in [6.45, 7) is 7.73. The van der Waals surface area contributed by atoms with E-state index in [4.69, 9.17) is 14.8 Å². The van der Waals surface area contributed by atoms with Crippen LogP contribution in [-0.4, -0.2) is 113 Å². The van der Waals surface area contributed by atoms with E-state index >= 15 is 0 Å². The van der Waals surface area contributed by atoms with Gasteiger partial charge < -0.3 is 30.2 Å². The van der Waals surface area contributed by atoms with E-state index in [0.29, 0.717) is 70.3 Å². The summed E-state index contributed by atoms with van der Waals surface area (Å²) in [4.78, 5) is 33.5. The summed E-state index contributed by atoms with van der Waals surface area (Å²) < 4.78 is 5.88. The van der Waals surface area contributed by atoms with E-state index in [1.807, 2.05) is 24.1 Å². The number of rotatable bonds is 11. The Morgan fingerprint density at radius 2 is 1.74 bits per heavy atom. The molecule has 1 amide bonds. The van der Waals surface area contributed by atoms with Crippen LogP contribution in [0.2, 0.25) is 0 Å². The topological polar surface area (TPSA) is 141 Å². The van der Waals surface area contributed by atoms with Crippen molar-refractivity contribution in [1.29, 1.82) is 0 Å². The van der Waals surface area contributed by atoms with E-state index in [1.165, 1.54) is 0 Å². The Kier molecular flexibility index (Phi) is 14.7. The normalized spacial score (nSPS) is 15.8. The van der Waals surface area contributed by atoms with Crippen LogP contribution in [0, 0.1) is 0 Å². The SMILES string of the molecule is C=C(O)CN1CCN(C)Cc2cc(OCCC[N-]C(=O)CCO)cc(n2)CN(CC(=O)O)CC1.[W]. The van der Waals surface area contributed by atoms with Gasteiger partial charge in [-0.3, -0.25) is 24.5 Å². The quantitative estimate of drug-likeness (QED) is 0.231. The summed E-state index contributed by atoms with van der Waals surface area (Å²) >= 11 is 0. The first-order valence-corrected chi connectivity index (χ1v) is 11.4. The third-order valence-corrected chi connectivity index (χ3v) is 5.20. The van der Waals surface area contributed by atoms with E-state index in [1.54, 1.807) is 0 Å². The summed E-state index contributed by atoms with van der Waals surface area (Å²) in [7, 11) is 1.99. The van der Waals surface area contributed by atoms with Gasteiger partial charge in [-0.2, -0.15) is 0 Å². The van der Waals surface area contributed by atoms with Gasteiger partial charge in [0.05, 0.1) is 42.8 Å². The van der Waals surface area contributed by atoms with Crippen LogP contribution in [0.25, 0.3) is 5.32 Å². The molecule has 35 heavy (non-hydrogen) atoms. The molecule has 12 heteroatoms. The van der Waals surface area contributed by atoms with Crippen LogP contribution in [0.3, 0.4) is 0 Å². The van der Waals surface area contributed by atoms with Crippen LogP contribution >= 0.6 is 0 Å². The minimum absolute atomic E-state index is 0. The molecular formula is C23H36N5O6W-. The minimum Gasteiger partial charge on any atom is -0.653 e. The summed E-state index contributed by atoms with van der Waals surface area (Å²) in [5, 5.41) is 31.6. The van der Waals surface area contributed by atoms with Crippen LogP contribution in [0.15, 0.2) is 24.5 Å². The molecule has 1 aliphatic heterocycles. The van der Waals surface area contributed by atoms with E-state index in [9.17, 15) is 19.8 Å². The number of amides is 1. The number of aliphatic hydroxyl groups is 2. The number of aliphatic hydroxyl groups excluding tert-OH is 2. The maximum atomic E-state index is 11.4. The Morgan fingerprint density at radius 1 is 1.09 bits per heavy atom. The molecule has 0 saturated carbocycles. The van der Waals surface area contributed by atoms with Gasteiger partial charge >= 0.3 is 5.97 Å². The number of carboxylic acid groups (broad SMARTS) is 1. The zero-order valence-corrected chi connectivity index (χ0v) is 23.2. The van der Waals surface area contributed by atoms with Gasteiger partial charge in [-0.15, -0.1) is 6.54 Å². The second-order valence-electron chi connectivity index (χ2n) is 8.42. The smallest absolute Gasteiger partial charge is 0.317 e. The number of likely N-dealkylation sites (N-methyl/N-ethyl adjacent to an activating group) is 1. The van der Waals surface area contributed by atoms with E-state index < -0.39 is 5.97 Å². The Labute approximate surface area is 221 Å². The molecule has 1 aromatic heterocycles. The fourth-order valence-corrected chi connectivity index (χ4v) is 3.61. The maximum Gasteiger partial charge on any atom is 0.317 e. The summed E-state index contributed by atoms with van der Waals surface area (Å²) in [5.74, 6) is -0.516. The van der Waals surface area contributed by atoms with Crippen LogP contribution in [-0.2, 0) is 43.7 Å². The van der Waals surface area contributed by atoms with Gasteiger partial charge in [0.25, 0.3) is 0 Å². The molecule has 11 nitrogen and oxygen atoms in total. The van der Waals surface area contributed by atoms with Crippen LogP contribution in [0.4, 0.5) is 0 Å². The van der Waals surface area contributed by atoms with Crippen molar-refractivity contribution in [2.45, 2.75) is 25.9 Å². The Morgan fingerprint density at radius 3 is 2.40 bits per heavy atom. The predicted molar refractivity (Wildman–Crippen MR) is 127 cm³/mol. The third-order valence-electron chi connectivity index (χ3n) is 5.20. The zero-order chi connectivity index (χ0) is 24.9. The molecular weight excluding hydrogens is 626 g/mol. The molecule has 1 aromatic rings. The first-order valence-electron chi connectivity index (χ1n) is 11.4. The fourth-order valence-electron chi connectivity index (χ4n) is 3.61. The number of aromatic nitrogens is 1. The van der Waals surface area contributed by atoms with Gasteiger partial charge in [-0.1, -0.05) is 6.58 Å². The van der Waals surface area contributed by atoms with Gasteiger partial charge in [0.15, 0.2) is 0 Å². The number of fused-ring (bicyclic) bond motifs is 2. The van der Waals surface area contributed by atoms with Crippen molar-refractivity contribution >= 4 is 11.9 Å². The molecule has 1 aliphatic rings. The van der Waals surface area contributed by atoms with Crippen molar-refractivity contribution < 1.29 is 50.7 Å². The standard InChI is InChI=1S/C23H37N5O6.W/c1-18(30)14-27-7-6-26(2)15-19-12-21(34-11-3-5-24-22(31)4-10-29)13-20(25-19)16-28(9-8-27)17-23(32)33;/h12-13,29H,1,3-11,14-17H2,2H3,(H3,24,30,31,32,33);/p-1. The van der Waals surface area contributed by atoms with Gasteiger partial charge in [0, 0.05) is 85.5 Å². The number of aliphatic carboxylic acids is 1. The van der Waals surface area contributed by atoms with Crippen molar-refractivity contribution in [3.63, 3.8) is 0 Å². The molecule has 0 aromatic carbocycles. The second-order valence-corrected chi connectivity index (χ2v) is 8.42. The van der Waals surface area contributed by atoms with E-state index in [2.05, 4.69) is 21.7 Å². The zero-order valence-electron chi connectivity index (χ0n) is 20.3. The number of hydrogen-bond donors (Lipinski definition) is 3. The molecule has 2 heterocycles. The number of carbonyl (C=O) groups is 2. The first-order chi connectivity index (χ1) is 16.2. The van der Waals surface area contributed by atoms with Crippen LogP contribution in [0.5, 0.6) is 5.75 Å². The van der Waals surface area contributed by atoms with Crippen molar-refractivity contribution in [2.75, 3.05) is 66.1 Å². The molecule has 196 valence electrons. The summed E-state index contributed by atoms with van der Waals surface area (Å²) in [6.07, 6.45) is 0.589. The fraction of sp³-hybridized carbons (Fsp3) is 0.609. The average molecular weight is 662 g/mol. The predicted octanol–water partition coefficient (Wildman–Crippen LogP) is 0.836. The number of carboxylic acids is 1. The number of pyridine rings is 1. The first kappa shape index (κ1) is 31.0. The molecule has 0 spiro atoms. The van der Waals surface area contributed by atoms with Crippen molar-refractivity contribution in [3.8, 4) is 5.75 Å². The van der Waals surface area contributed by atoms with Crippen molar-refractivity contribution in [2.24, 2.45) is 0 Å². The molecule has 0 aliphatic carbocycles. The van der Waals surface area contributed by atoms with Gasteiger partial charge in [0.2, 0.25) is 0 Å². The molecule has 0 saturated heterocycles. The summed E-state index contributed by atoms with van der Waals surface area (Å²) in [5.41, 5.74) is 1.52. The minimum atomic E-state index is -0.919. The Hall–Kier alpha value is -2.04. The van der Waals surface area contributed by atoms with Crippen LogP contribution < -0.4 is 4.74 Å². The number of nitrogens with zero attached hydrogens (tertiary/aromatic N) is 5. The van der Waals surface area contributed by atoms with E-state index in [0.717, 1.165) is 12.2 Å². The molecule has 3 N–H and O–H groups in total. The number of hydrogen-bond acceptors (Lipinski definition) is 9. The molecule has 0 atom stereocenters. The number of carbonyl (C=O) groups excluding carboxylic acids is 1. The van der Waals surface area contributed by atoms with Gasteiger partial charge in [-0.05, 0) is 13.5 Å². The maximum absolute atomic E-state index is 11.4. The van der Waals surface area contributed by atoms with Gasteiger partial charge in [-0.25, -0.2) is 0 Å².